The smallest absolute Gasteiger partial charge is 0.338 e. The topological polar surface area (TPSA) is 38.8 Å². The van der Waals surface area contributed by atoms with Gasteiger partial charge in [-0.3, -0.25) is 4.90 Å². The molecule has 2 atom stereocenters. The molecule has 2 heterocycles. The molecule has 1 saturated heterocycles. The van der Waals surface area contributed by atoms with Gasteiger partial charge in [0.1, 0.15) is 18.5 Å². The van der Waals surface area contributed by atoms with Crippen LogP contribution in [0.5, 0.6) is 5.75 Å². The van der Waals surface area contributed by atoms with Gasteiger partial charge in [-0.15, -0.1) is 0 Å². The molecule has 0 spiro atoms. The van der Waals surface area contributed by atoms with E-state index >= 15 is 0 Å². The van der Waals surface area contributed by atoms with Gasteiger partial charge in [-0.05, 0) is 61.7 Å². The third-order valence-electron chi connectivity index (χ3n) is 5.67. The molecule has 3 aliphatic rings. The summed E-state index contributed by atoms with van der Waals surface area (Å²) in [6.45, 7) is 2.66. The molecule has 128 valence electrons. The summed E-state index contributed by atoms with van der Waals surface area (Å²) in [5.41, 5.74) is 4.28. The van der Waals surface area contributed by atoms with Crippen molar-refractivity contribution >= 4 is 5.97 Å². The second-order valence-electron chi connectivity index (χ2n) is 7.15. The Hall–Kier alpha value is -2.33. The highest BCUT2D eigenvalue weighted by Gasteiger charge is 2.38. The fraction of sp³-hybridized carbons (Fsp3) is 0.381. The zero-order valence-electron chi connectivity index (χ0n) is 14.1. The zero-order valence-corrected chi connectivity index (χ0v) is 14.1. The lowest BCUT2D eigenvalue weighted by atomic mass is 10.1. The highest BCUT2D eigenvalue weighted by Crippen LogP contribution is 2.39. The quantitative estimate of drug-likeness (QED) is 0.805. The van der Waals surface area contributed by atoms with Crippen LogP contribution in [0.15, 0.2) is 42.5 Å². The maximum atomic E-state index is 11.6. The molecule has 1 aliphatic carbocycles. The summed E-state index contributed by atoms with van der Waals surface area (Å²) >= 11 is 0. The summed E-state index contributed by atoms with van der Waals surface area (Å²) in [5, 5.41) is 0. The summed E-state index contributed by atoms with van der Waals surface area (Å²) in [4.78, 5) is 14.2. The van der Waals surface area contributed by atoms with Gasteiger partial charge in [0.25, 0.3) is 0 Å². The van der Waals surface area contributed by atoms with Gasteiger partial charge in [-0.2, -0.15) is 0 Å². The minimum absolute atomic E-state index is 0.0466. The number of likely N-dealkylation sites (tertiary alicyclic amines) is 1. The average Bonchev–Trinajstić information content (AvgIpc) is 3.35. The summed E-state index contributed by atoms with van der Waals surface area (Å²) in [6, 6.07) is 14.7. The molecule has 0 unspecified atom stereocenters. The van der Waals surface area contributed by atoms with Gasteiger partial charge < -0.3 is 9.47 Å². The van der Waals surface area contributed by atoms with Crippen molar-refractivity contribution in [2.45, 2.75) is 38.0 Å². The van der Waals surface area contributed by atoms with E-state index in [0.29, 0.717) is 18.2 Å². The first-order chi connectivity index (χ1) is 12.3. The van der Waals surface area contributed by atoms with Crippen molar-refractivity contribution in [3.63, 3.8) is 0 Å². The van der Waals surface area contributed by atoms with E-state index < -0.39 is 0 Å². The molecule has 2 aromatic rings. The summed E-state index contributed by atoms with van der Waals surface area (Å²) < 4.78 is 11.6. The number of esters is 1. The first kappa shape index (κ1) is 15.0. The lowest BCUT2D eigenvalue weighted by Gasteiger charge is -2.30. The van der Waals surface area contributed by atoms with Crippen LogP contribution in [0, 0.1) is 0 Å². The van der Waals surface area contributed by atoms with Gasteiger partial charge in [-0.25, -0.2) is 4.79 Å². The van der Waals surface area contributed by atoms with E-state index in [-0.39, 0.29) is 12.1 Å². The second-order valence-corrected chi connectivity index (χ2v) is 7.15. The predicted molar refractivity (Wildman–Crippen MR) is 93.7 cm³/mol. The van der Waals surface area contributed by atoms with Gasteiger partial charge in [0.05, 0.1) is 11.6 Å². The molecule has 0 saturated carbocycles. The molecule has 2 aliphatic heterocycles. The van der Waals surface area contributed by atoms with E-state index in [4.69, 9.17) is 9.47 Å². The van der Waals surface area contributed by atoms with Crippen molar-refractivity contribution in [1.29, 1.82) is 0 Å². The van der Waals surface area contributed by atoms with Gasteiger partial charge in [0.15, 0.2) is 0 Å². The van der Waals surface area contributed by atoms with Gasteiger partial charge in [0.2, 0.25) is 0 Å². The van der Waals surface area contributed by atoms with Crippen LogP contribution in [0.4, 0.5) is 0 Å². The molecule has 1 fully saturated rings. The number of fused-ring (bicyclic) bond motifs is 2. The monoisotopic (exact) mass is 335 g/mol. The van der Waals surface area contributed by atoms with E-state index in [1.54, 1.807) is 0 Å². The molecule has 0 bridgehead atoms. The van der Waals surface area contributed by atoms with Gasteiger partial charge in [0, 0.05) is 5.56 Å². The Balaban J connectivity index is 1.46. The number of ether oxygens (including phenoxy) is 2. The average molecular weight is 335 g/mol. The highest BCUT2D eigenvalue weighted by molar-refractivity contribution is 5.93. The van der Waals surface area contributed by atoms with Gasteiger partial charge in [-0.1, -0.05) is 24.3 Å². The van der Waals surface area contributed by atoms with Crippen molar-refractivity contribution < 1.29 is 14.3 Å². The van der Waals surface area contributed by atoms with Crippen molar-refractivity contribution in [2.75, 3.05) is 13.1 Å². The molecule has 2 aromatic carbocycles. The van der Waals surface area contributed by atoms with E-state index in [2.05, 4.69) is 29.2 Å². The summed E-state index contributed by atoms with van der Waals surface area (Å²) in [7, 11) is 0. The van der Waals surface area contributed by atoms with Crippen LogP contribution in [0.3, 0.4) is 0 Å². The summed E-state index contributed by atoms with van der Waals surface area (Å²) in [6.07, 6.45) is 3.65. The van der Waals surface area contributed by atoms with Crippen molar-refractivity contribution in [2.24, 2.45) is 0 Å². The Morgan fingerprint density at radius 2 is 1.88 bits per heavy atom. The molecular weight excluding hydrogens is 314 g/mol. The number of hydrogen-bond donors (Lipinski definition) is 0. The van der Waals surface area contributed by atoms with Crippen LogP contribution in [-0.4, -0.2) is 30.0 Å². The number of cyclic esters (lactones) is 1. The number of carbonyl (C=O) groups is 1. The first-order valence-corrected chi connectivity index (χ1v) is 9.08. The minimum Gasteiger partial charge on any atom is -0.484 e. The van der Waals surface area contributed by atoms with Crippen LogP contribution < -0.4 is 4.74 Å². The number of rotatable bonds is 3. The standard InChI is InChI=1S/C21H21NO3/c23-21-18-8-7-16(11-15(18)13-24-21)25-20-17-6-2-1-5-14(17)12-19(20)22-9-3-4-10-22/h1-2,5-8,11,19-20H,3-4,9-10,12-13H2/t19-,20-/m0/s1. The van der Waals surface area contributed by atoms with E-state index in [0.717, 1.165) is 30.8 Å². The van der Waals surface area contributed by atoms with E-state index in [9.17, 15) is 4.79 Å². The summed E-state index contributed by atoms with van der Waals surface area (Å²) in [5.74, 6) is 0.589. The normalized spacial score (nSPS) is 24.9. The Morgan fingerprint density at radius 1 is 1.04 bits per heavy atom. The predicted octanol–water partition coefficient (Wildman–Crippen LogP) is 3.50. The fourth-order valence-corrected chi connectivity index (χ4v) is 4.40. The Kier molecular flexibility index (Phi) is 3.52. The number of nitrogens with zero attached hydrogens (tertiary/aromatic N) is 1. The van der Waals surface area contributed by atoms with E-state index in [1.165, 1.54) is 24.0 Å². The SMILES string of the molecule is O=C1OCc2cc(O[C@H]3c4ccccc4C[C@@H]3N3CCCC3)ccc21. The zero-order chi connectivity index (χ0) is 16.8. The highest BCUT2D eigenvalue weighted by atomic mass is 16.5. The third-order valence-corrected chi connectivity index (χ3v) is 5.67. The Bertz CT molecular complexity index is 826. The minimum atomic E-state index is -0.234. The molecule has 0 radical (unpaired) electrons. The Labute approximate surface area is 147 Å². The third kappa shape index (κ3) is 2.52. The molecule has 4 nitrogen and oxygen atoms in total. The second kappa shape index (κ2) is 5.88. The Morgan fingerprint density at radius 3 is 2.76 bits per heavy atom. The molecule has 4 heteroatoms. The van der Waals surface area contributed by atoms with Crippen LogP contribution in [-0.2, 0) is 17.8 Å². The number of benzene rings is 2. The largest absolute Gasteiger partial charge is 0.484 e. The van der Waals surface area contributed by atoms with E-state index in [1.807, 2.05) is 18.2 Å². The van der Waals surface area contributed by atoms with Crippen molar-refractivity contribution in [3.05, 3.63) is 64.7 Å². The molecular formula is C21H21NO3. The van der Waals surface area contributed by atoms with Crippen LogP contribution in [0.1, 0.15) is 46.0 Å². The maximum absolute atomic E-state index is 11.6. The van der Waals surface area contributed by atoms with Crippen LogP contribution >= 0.6 is 0 Å². The van der Waals surface area contributed by atoms with Gasteiger partial charge >= 0.3 is 5.97 Å². The van der Waals surface area contributed by atoms with Crippen LogP contribution in [0.2, 0.25) is 0 Å². The number of hydrogen-bond acceptors (Lipinski definition) is 4. The van der Waals surface area contributed by atoms with Crippen molar-refractivity contribution in [3.8, 4) is 5.75 Å². The van der Waals surface area contributed by atoms with Crippen molar-refractivity contribution in [1.82, 2.24) is 4.90 Å². The fourth-order valence-electron chi connectivity index (χ4n) is 4.40. The van der Waals surface area contributed by atoms with Crippen LogP contribution in [0.25, 0.3) is 0 Å². The molecule has 0 amide bonds. The lowest BCUT2D eigenvalue weighted by molar-refractivity contribution is 0.0535. The first-order valence-electron chi connectivity index (χ1n) is 9.08. The molecule has 5 rings (SSSR count). The maximum Gasteiger partial charge on any atom is 0.338 e. The number of carbonyl (C=O) groups excluding carboxylic acids is 1. The molecule has 25 heavy (non-hydrogen) atoms. The molecule has 0 N–H and O–H groups in total. The lowest BCUT2D eigenvalue weighted by Crippen LogP contribution is -2.38. The molecule has 0 aromatic heterocycles.